The fourth-order valence-electron chi connectivity index (χ4n) is 2.17. The maximum Gasteiger partial charge on any atom is 0.311 e. The van der Waals surface area contributed by atoms with Gasteiger partial charge in [-0.3, -0.25) is 9.48 Å². The van der Waals surface area contributed by atoms with E-state index in [1.54, 1.807) is 17.8 Å². The number of nitrogens with zero attached hydrogens (tertiary/aromatic N) is 2. The van der Waals surface area contributed by atoms with E-state index in [1.165, 1.54) is 18.2 Å². The van der Waals surface area contributed by atoms with E-state index in [-0.39, 0.29) is 6.42 Å². The van der Waals surface area contributed by atoms with Crippen molar-refractivity contribution in [1.82, 2.24) is 9.78 Å². The van der Waals surface area contributed by atoms with Crippen LogP contribution in [0.3, 0.4) is 0 Å². The largest absolute Gasteiger partial charge is 0.481 e. The first-order chi connectivity index (χ1) is 9.40. The Bertz CT molecular complexity index is 655. The van der Waals surface area contributed by atoms with Crippen LogP contribution in [-0.2, 0) is 18.3 Å². The Morgan fingerprint density at radius 1 is 1.55 bits per heavy atom. The normalized spacial score (nSPS) is 12.4. The van der Waals surface area contributed by atoms with Crippen molar-refractivity contribution in [2.24, 2.45) is 7.05 Å². The summed E-state index contributed by atoms with van der Waals surface area (Å²) in [6.45, 7) is 1.84. The molecule has 1 atom stereocenters. The summed E-state index contributed by atoms with van der Waals surface area (Å²) in [6.07, 6.45) is 0.247. The van der Waals surface area contributed by atoms with Crippen LogP contribution in [0.4, 0.5) is 4.39 Å². The lowest BCUT2D eigenvalue weighted by Crippen LogP contribution is -2.16. The average molecular weight is 341 g/mol. The molecule has 4 nitrogen and oxygen atoms in total. The molecule has 0 bridgehead atoms. The molecular weight excluding hydrogens is 327 g/mol. The van der Waals surface area contributed by atoms with E-state index in [2.05, 4.69) is 21.0 Å². The minimum absolute atomic E-state index is 0.247. The molecule has 0 aliphatic heterocycles. The molecule has 1 heterocycles. The smallest absolute Gasteiger partial charge is 0.311 e. The van der Waals surface area contributed by atoms with E-state index < -0.39 is 17.7 Å². The molecule has 0 aliphatic carbocycles. The van der Waals surface area contributed by atoms with Crippen LogP contribution >= 0.6 is 15.9 Å². The number of aromatic nitrogens is 2. The van der Waals surface area contributed by atoms with Crippen LogP contribution in [0.25, 0.3) is 0 Å². The van der Waals surface area contributed by atoms with Gasteiger partial charge in [0.2, 0.25) is 0 Å². The first kappa shape index (κ1) is 14.7. The molecule has 1 N–H and O–H groups in total. The third-order valence-corrected chi connectivity index (χ3v) is 4.24. The number of rotatable bonds is 4. The maximum absolute atomic E-state index is 13.3. The van der Waals surface area contributed by atoms with Gasteiger partial charge >= 0.3 is 5.97 Å². The van der Waals surface area contributed by atoms with Gasteiger partial charge in [-0.05, 0) is 40.5 Å². The van der Waals surface area contributed by atoms with E-state index in [9.17, 15) is 14.3 Å². The number of benzene rings is 1. The minimum atomic E-state index is -0.985. The molecule has 20 heavy (non-hydrogen) atoms. The monoisotopic (exact) mass is 340 g/mol. The van der Waals surface area contributed by atoms with Gasteiger partial charge in [0.25, 0.3) is 0 Å². The molecular formula is C14H14BrFN2O2. The number of aliphatic carboxylic acids is 1. The molecule has 0 saturated heterocycles. The van der Waals surface area contributed by atoms with Crippen molar-refractivity contribution in [2.75, 3.05) is 0 Å². The number of carboxylic acids is 1. The van der Waals surface area contributed by atoms with Crippen molar-refractivity contribution in [2.45, 2.75) is 19.3 Å². The highest BCUT2D eigenvalue weighted by Crippen LogP contribution is 2.27. The van der Waals surface area contributed by atoms with Crippen LogP contribution in [-0.4, -0.2) is 20.9 Å². The number of hydrogen-bond acceptors (Lipinski definition) is 2. The van der Waals surface area contributed by atoms with E-state index >= 15 is 0 Å². The zero-order valence-corrected chi connectivity index (χ0v) is 12.7. The molecule has 0 spiro atoms. The second kappa shape index (κ2) is 5.75. The number of carboxylic acid groups (broad SMARTS) is 1. The zero-order valence-electron chi connectivity index (χ0n) is 11.1. The van der Waals surface area contributed by atoms with Gasteiger partial charge in [0, 0.05) is 13.5 Å². The number of halogens is 2. The Kier molecular flexibility index (Phi) is 4.23. The van der Waals surface area contributed by atoms with Gasteiger partial charge in [0.15, 0.2) is 0 Å². The van der Waals surface area contributed by atoms with Crippen LogP contribution in [0.5, 0.6) is 0 Å². The lowest BCUT2D eigenvalue weighted by Gasteiger charge is -2.13. The predicted molar refractivity (Wildman–Crippen MR) is 76.1 cm³/mol. The molecule has 0 fully saturated rings. The first-order valence-corrected chi connectivity index (χ1v) is 6.85. The zero-order chi connectivity index (χ0) is 14.9. The Balaban J connectivity index is 2.38. The molecule has 1 aromatic carbocycles. The van der Waals surface area contributed by atoms with Gasteiger partial charge in [-0.2, -0.15) is 5.10 Å². The summed E-state index contributed by atoms with van der Waals surface area (Å²) in [4.78, 5) is 11.5. The van der Waals surface area contributed by atoms with Crippen molar-refractivity contribution < 1.29 is 14.3 Å². The quantitative estimate of drug-likeness (QED) is 0.930. The molecule has 106 valence electrons. The summed E-state index contributed by atoms with van der Waals surface area (Å²) < 4.78 is 15.7. The summed E-state index contributed by atoms with van der Waals surface area (Å²) >= 11 is 3.42. The van der Waals surface area contributed by atoms with Crippen molar-refractivity contribution in [3.8, 4) is 0 Å². The van der Waals surface area contributed by atoms with Gasteiger partial charge in [0.1, 0.15) is 5.82 Å². The van der Waals surface area contributed by atoms with Crippen LogP contribution in [0.15, 0.2) is 28.7 Å². The van der Waals surface area contributed by atoms with E-state index in [4.69, 9.17) is 0 Å². The molecule has 1 unspecified atom stereocenters. The summed E-state index contributed by atoms with van der Waals surface area (Å²) in [5, 5.41) is 13.6. The third kappa shape index (κ3) is 2.90. The summed E-state index contributed by atoms with van der Waals surface area (Å²) in [6, 6.07) is 5.70. The molecule has 0 saturated carbocycles. The first-order valence-electron chi connectivity index (χ1n) is 6.06. The van der Waals surface area contributed by atoms with Gasteiger partial charge < -0.3 is 5.11 Å². The van der Waals surface area contributed by atoms with Crippen molar-refractivity contribution in [3.05, 3.63) is 51.5 Å². The van der Waals surface area contributed by atoms with Crippen LogP contribution in [0, 0.1) is 12.7 Å². The third-order valence-electron chi connectivity index (χ3n) is 3.21. The van der Waals surface area contributed by atoms with Gasteiger partial charge in [-0.25, -0.2) is 4.39 Å². The Morgan fingerprint density at radius 2 is 2.25 bits per heavy atom. The average Bonchev–Trinajstić information content (AvgIpc) is 2.60. The number of carbonyl (C=O) groups is 1. The molecule has 0 amide bonds. The topological polar surface area (TPSA) is 55.1 Å². The van der Waals surface area contributed by atoms with Crippen LogP contribution in [0.2, 0.25) is 0 Å². The maximum atomic E-state index is 13.3. The van der Waals surface area contributed by atoms with Crippen LogP contribution in [0.1, 0.15) is 22.9 Å². The number of aryl methyl sites for hydroxylation is 2. The molecule has 6 heteroatoms. The van der Waals surface area contributed by atoms with Crippen molar-refractivity contribution in [1.29, 1.82) is 0 Å². The molecule has 0 aliphatic rings. The van der Waals surface area contributed by atoms with E-state index in [0.29, 0.717) is 5.56 Å². The van der Waals surface area contributed by atoms with Crippen LogP contribution < -0.4 is 0 Å². The van der Waals surface area contributed by atoms with Gasteiger partial charge in [0.05, 0.1) is 21.8 Å². The SMILES string of the molecule is Cc1nn(C)c(CC(C(=O)O)c2cccc(F)c2)c1Br. The van der Waals surface area contributed by atoms with E-state index in [1.807, 2.05) is 6.92 Å². The molecule has 2 rings (SSSR count). The summed E-state index contributed by atoms with van der Waals surface area (Å²) in [5.41, 5.74) is 2.02. The lowest BCUT2D eigenvalue weighted by molar-refractivity contribution is -0.138. The highest BCUT2D eigenvalue weighted by molar-refractivity contribution is 9.10. The van der Waals surface area contributed by atoms with Crippen molar-refractivity contribution >= 4 is 21.9 Å². The molecule has 1 aromatic heterocycles. The Labute approximate surface area is 124 Å². The number of hydrogen-bond donors (Lipinski definition) is 1. The second-order valence-electron chi connectivity index (χ2n) is 4.62. The van der Waals surface area contributed by atoms with Crippen molar-refractivity contribution in [3.63, 3.8) is 0 Å². The Morgan fingerprint density at radius 3 is 2.75 bits per heavy atom. The fraction of sp³-hybridized carbons (Fsp3) is 0.286. The fourth-order valence-corrected chi connectivity index (χ4v) is 2.66. The second-order valence-corrected chi connectivity index (χ2v) is 5.41. The highest BCUT2D eigenvalue weighted by Gasteiger charge is 2.24. The molecule has 2 aromatic rings. The summed E-state index contributed by atoms with van der Waals surface area (Å²) in [5.74, 6) is -2.23. The summed E-state index contributed by atoms with van der Waals surface area (Å²) in [7, 11) is 1.76. The van der Waals surface area contributed by atoms with Gasteiger partial charge in [-0.15, -0.1) is 0 Å². The highest BCUT2D eigenvalue weighted by atomic mass is 79.9. The minimum Gasteiger partial charge on any atom is -0.481 e. The lowest BCUT2D eigenvalue weighted by atomic mass is 9.94. The molecule has 0 radical (unpaired) electrons. The Hall–Kier alpha value is -1.69. The standard InChI is InChI=1S/C14H14BrFN2O2/c1-8-13(15)12(18(2)17-8)7-11(14(19)20)9-4-3-5-10(16)6-9/h3-6,11H,7H2,1-2H3,(H,19,20). The van der Waals surface area contributed by atoms with Gasteiger partial charge in [-0.1, -0.05) is 12.1 Å². The van der Waals surface area contributed by atoms with E-state index in [0.717, 1.165) is 15.9 Å². The predicted octanol–water partition coefficient (Wildman–Crippen LogP) is 3.04.